The number of aliphatic carboxylic acids is 1. The van der Waals surface area contributed by atoms with Crippen LogP contribution in [0.1, 0.15) is 27.2 Å². The number of nitrogens with two attached hydrogens (primary N) is 1. The highest BCUT2D eigenvalue weighted by molar-refractivity contribution is 6.04. The van der Waals surface area contributed by atoms with E-state index >= 15 is 0 Å². The fourth-order valence-electron chi connectivity index (χ4n) is 3.05. The fraction of sp³-hybridized carbons (Fsp3) is 0.143. The molecule has 0 radical (unpaired) electrons. The van der Waals surface area contributed by atoms with Crippen LogP contribution >= 0.6 is 0 Å². The van der Waals surface area contributed by atoms with Crippen molar-refractivity contribution in [3.05, 3.63) is 64.8 Å². The average Bonchev–Trinajstić information content (AvgIpc) is 3.04. The van der Waals surface area contributed by atoms with Gasteiger partial charge in [0.05, 0.1) is 6.42 Å². The first-order chi connectivity index (χ1) is 14.2. The Labute approximate surface area is 172 Å². The standard InChI is InChI=1S/C21H21N5O4/c1-11-7-12(2)9-15(8-11)23-21(30)26-20-17(18(22)29)24-19(25-20)14-5-3-13(4-6-14)10-16(27)28/h3-9H,10H2,1-2H3,(H2,22,29)(H,24,25)(H,27,28)(H2,23,26,30). The smallest absolute Gasteiger partial charge is 0.324 e. The maximum atomic E-state index is 12.4. The number of hydrogen-bond donors (Lipinski definition) is 5. The van der Waals surface area contributed by atoms with Gasteiger partial charge in [-0.3, -0.25) is 14.9 Å². The van der Waals surface area contributed by atoms with Crippen LogP contribution in [0.4, 0.5) is 16.3 Å². The zero-order valence-electron chi connectivity index (χ0n) is 16.4. The van der Waals surface area contributed by atoms with Gasteiger partial charge in [0.25, 0.3) is 5.91 Å². The number of aromatic amines is 1. The molecule has 0 fully saturated rings. The second-order valence-electron chi connectivity index (χ2n) is 6.90. The summed E-state index contributed by atoms with van der Waals surface area (Å²) in [6.07, 6.45) is -0.101. The molecule has 0 atom stereocenters. The number of primary amides is 1. The van der Waals surface area contributed by atoms with Crippen LogP contribution in [0, 0.1) is 13.8 Å². The summed E-state index contributed by atoms with van der Waals surface area (Å²) in [4.78, 5) is 42.0. The molecule has 0 bridgehead atoms. The van der Waals surface area contributed by atoms with Gasteiger partial charge in [-0.05, 0) is 42.7 Å². The summed E-state index contributed by atoms with van der Waals surface area (Å²) < 4.78 is 0. The van der Waals surface area contributed by atoms with Crippen LogP contribution in [0.2, 0.25) is 0 Å². The summed E-state index contributed by atoms with van der Waals surface area (Å²) in [7, 11) is 0. The number of carbonyl (C=O) groups is 3. The second kappa shape index (κ2) is 8.48. The molecule has 1 aromatic heterocycles. The molecule has 154 valence electrons. The number of carboxylic acids is 1. The first kappa shape index (κ1) is 20.6. The molecule has 0 saturated heterocycles. The number of aromatic nitrogens is 2. The van der Waals surface area contributed by atoms with E-state index in [-0.39, 0.29) is 17.9 Å². The van der Waals surface area contributed by atoms with Crippen LogP contribution in [-0.2, 0) is 11.2 Å². The van der Waals surface area contributed by atoms with Crippen LogP contribution in [-0.4, -0.2) is 33.0 Å². The van der Waals surface area contributed by atoms with Crippen molar-refractivity contribution in [1.29, 1.82) is 0 Å². The first-order valence-corrected chi connectivity index (χ1v) is 9.08. The minimum absolute atomic E-state index is 0.00557. The summed E-state index contributed by atoms with van der Waals surface area (Å²) in [5, 5.41) is 14.1. The van der Waals surface area contributed by atoms with Crippen LogP contribution in [0.3, 0.4) is 0 Å². The van der Waals surface area contributed by atoms with E-state index in [1.165, 1.54) is 0 Å². The van der Waals surface area contributed by atoms with Gasteiger partial charge in [0.1, 0.15) is 11.5 Å². The molecular weight excluding hydrogens is 386 g/mol. The zero-order valence-corrected chi connectivity index (χ0v) is 16.4. The molecule has 30 heavy (non-hydrogen) atoms. The van der Waals surface area contributed by atoms with Gasteiger partial charge in [-0.15, -0.1) is 0 Å². The van der Waals surface area contributed by atoms with Crippen molar-refractivity contribution in [2.45, 2.75) is 20.3 Å². The number of amides is 3. The molecule has 0 aliphatic rings. The Balaban J connectivity index is 1.81. The maximum Gasteiger partial charge on any atom is 0.324 e. The average molecular weight is 407 g/mol. The number of imidazole rings is 1. The Morgan fingerprint density at radius 3 is 2.23 bits per heavy atom. The summed E-state index contributed by atoms with van der Waals surface area (Å²) in [5.74, 6) is -1.41. The van der Waals surface area contributed by atoms with Crippen molar-refractivity contribution in [2.75, 3.05) is 10.6 Å². The van der Waals surface area contributed by atoms with Gasteiger partial charge >= 0.3 is 12.0 Å². The monoisotopic (exact) mass is 407 g/mol. The minimum atomic E-state index is -0.932. The quantitative estimate of drug-likeness (QED) is 0.425. The molecule has 0 unspecified atom stereocenters. The van der Waals surface area contributed by atoms with Crippen molar-refractivity contribution < 1.29 is 19.5 Å². The lowest BCUT2D eigenvalue weighted by Gasteiger charge is -2.08. The summed E-state index contributed by atoms with van der Waals surface area (Å²) in [6, 6.07) is 11.7. The van der Waals surface area contributed by atoms with Crippen molar-refractivity contribution in [3.8, 4) is 11.4 Å². The molecule has 9 heteroatoms. The van der Waals surface area contributed by atoms with Crippen LogP contribution in [0.25, 0.3) is 11.4 Å². The fourth-order valence-corrected chi connectivity index (χ4v) is 3.05. The number of H-pyrrole nitrogens is 1. The second-order valence-corrected chi connectivity index (χ2v) is 6.90. The first-order valence-electron chi connectivity index (χ1n) is 9.08. The zero-order chi connectivity index (χ0) is 21.8. The number of carbonyl (C=O) groups excluding carboxylic acids is 2. The van der Waals surface area contributed by atoms with Gasteiger partial charge in [-0.1, -0.05) is 30.3 Å². The number of anilines is 2. The molecule has 2 aromatic carbocycles. The Morgan fingerprint density at radius 1 is 1.03 bits per heavy atom. The third-order valence-electron chi connectivity index (χ3n) is 4.24. The molecular formula is C21H21N5O4. The molecule has 6 N–H and O–H groups in total. The van der Waals surface area contributed by atoms with Gasteiger partial charge < -0.3 is 21.1 Å². The Kier molecular flexibility index (Phi) is 5.82. The predicted octanol–water partition coefficient (Wildman–Crippen LogP) is 3.06. The van der Waals surface area contributed by atoms with Crippen LogP contribution in [0.5, 0.6) is 0 Å². The molecule has 3 aromatic rings. The number of urea groups is 1. The molecule has 3 rings (SSSR count). The molecule has 0 spiro atoms. The Morgan fingerprint density at radius 2 is 1.67 bits per heavy atom. The lowest BCUT2D eigenvalue weighted by Crippen LogP contribution is -2.22. The van der Waals surface area contributed by atoms with Crippen molar-refractivity contribution in [1.82, 2.24) is 9.97 Å². The molecule has 0 aliphatic carbocycles. The van der Waals surface area contributed by atoms with Crippen molar-refractivity contribution in [3.63, 3.8) is 0 Å². The largest absolute Gasteiger partial charge is 0.481 e. The Hall–Kier alpha value is -4.14. The number of hydrogen-bond acceptors (Lipinski definition) is 4. The number of carboxylic acid groups (broad SMARTS) is 1. The van der Waals surface area contributed by atoms with Gasteiger partial charge in [0.2, 0.25) is 0 Å². The lowest BCUT2D eigenvalue weighted by molar-refractivity contribution is -0.136. The van der Waals surface area contributed by atoms with Crippen LogP contribution < -0.4 is 16.4 Å². The molecule has 3 amide bonds. The summed E-state index contributed by atoms with van der Waals surface area (Å²) >= 11 is 0. The highest BCUT2D eigenvalue weighted by Gasteiger charge is 2.18. The number of benzene rings is 2. The van der Waals surface area contributed by atoms with E-state index in [2.05, 4.69) is 20.6 Å². The number of nitrogens with one attached hydrogen (secondary N) is 3. The normalized spacial score (nSPS) is 10.5. The lowest BCUT2D eigenvalue weighted by atomic mass is 10.1. The van der Waals surface area contributed by atoms with Crippen molar-refractivity contribution in [2.24, 2.45) is 5.73 Å². The van der Waals surface area contributed by atoms with E-state index in [9.17, 15) is 14.4 Å². The third-order valence-corrected chi connectivity index (χ3v) is 4.24. The van der Waals surface area contributed by atoms with Gasteiger partial charge in [-0.2, -0.15) is 0 Å². The SMILES string of the molecule is Cc1cc(C)cc(NC(=O)Nc2nc(-c3ccc(CC(=O)O)cc3)[nH]c2C(N)=O)c1. The van der Waals surface area contributed by atoms with E-state index in [1.54, 1.807) is 24.3 Å². The minimum Gasteiger partial charge on any atom is -0.481 e. The molecule has 1 heterocycles. The molecule has 0 aliphatic heterocycles. The topological polar surface area (TPSA) is 150 Å². The van der Waals surface area contributed by atoms with Crippen LogP contribution in [0.15, 0.2) is 42.5 Å². The maximum absolute atomic E-state index is 12.4. The highest BCUT2D eigenvalue weighted by Crippen LogP contribution is 2.22. The summed E-state index contributed by atoms with van der Waals surface area (Å²) in [5.41, 5.74) is 9.19. The molecule has 9 nitrogen and oxygen atoms in total. The predicted molar refractivity (Wildman–Crippen MR) is 112 cm³/mol. The van der Waals surface area contributed by atoms with Gasteiger partial charge in [0, 0.05) is 11.3 Å². The van der Waals surface area contributed by atoms with Gasteiger partial charge in [-0.25, -0.2) is 9.78 Å². The van der Waals surface area contributed by atoms with E-state index in [0.29, 0.717) is 22.6 Å². The summed E-state index contributed by atoms with van der Waals surface area (Å²) in [6.45, 7) is 3.84. The number of aryl methyl sites for hydroxylation is 2. The van der Waals surface area contributed by atoms with E-state index in [4.69, 9.17) is 10.8 Å². The Bertz CT molecular complexity index is 1100. The van der Waals surface area contributed by atoms with Gasteiger partial charge in [0.15, 0.2) is 5.82 Å². The van der Waals surface area contributed by atoms with E-state index < -0.39 is 17.9 Å². The number of rotatable bonds is 6. The highest BCUT2D eigenvalue weighted by atomic mass is 16.4. The number of nitrogens with zero attached hydrogens (tertiary/aromatic N) is 1. The van der Waals surface area contributed by atoms with Crippen molar-refractivity contribution >= 4 is 29.4 Å². The molecule has 0 saturated carbocycles. The van der Waals surface area contributed by atoms with E-state index in [0.717, 1.165) is 11.1 Å². The third kappa shape index (κ3) is 5.02. The van der Waals surface area contributed by atoms with E-state index in [1.807, 2.05) is 32.0 Å².